The SMILES string of the molecule is NCCCCC(NC(=O)C(Cc1ccc(O)cc1)NC(=O)C(N)Cc1ccc(O)cc1)C(=O)NCC(=O)O. The molecule has 0 aliphatic rings. The molecule has 3 unspecified atom stereocenters. The number of unbranched alkanes of at least 4 members (excludes halogenated alkanes) is 1. The molecule has 12 heteroatoms. The van der Waals surface area contributed by atoms with Crippen molar-refractivity contribution in [3.8, 4) is 11.5 Å². The van der Waals surface area contributed by atoms with Gasteiger partial charge in [0.05, 0.1) is 6.04 Å². The lowest BCUT2D eigenvalue weighted by atomic mass is 10.0. The number of aliphatic carboxylic acids is 1. The molecule has 0 saturated carbocycles. The van der Waals surface area contributed by atoms with Crippen LogP contribution in [0.3, 0.4) is 0 Å². The zero-order valence-corrected chi connectivity index (χ0v) is 20.9. The summed E-state index contributed by atoms with van der Waals surface area (Å²) >= 11 is 0. The highest BCUT2D eigenvalue weighted by Gasteiger charge is 2.28. The molecular weight excluding hydrogens is 494 g/mol. The summed E-state index contributed by atoms with van der Waals surface area (Å²) in [5.74, 6) is -3.06. The third kappa shape index (κ3) is 10.4. The third-order valence-corrected chi connectivity index (χ3v) is 5.73. The first-order valence-corrected chi connectivity index (χ1v) is 12.2. The first kappa shape index (κ1) is 30.1. The van der Waals surface area contributed by atoms with E-state index in [1.807, 2.05) is 0 Å². The number of nitrogens with one attached hydrogen (secondary N) is 3. The molecular formula is C26H35N5O7. The maximum Gasteiger partial charge on any atom is 0.322 e. The second-order valence-electron chi connectivity index (χ2n) is 8.87. The van der Waals surface area contributed by atoms with Crippen LogP contribution in [0.25, 0.3) is 0 Å². The summed E-state index contributed by atoms with van der Waals surface area (Å²) in [7, 11) is 0. The molecule has 0 saturated heterocycles. The van der Waals surface area contributed by atoms with Crippen LogP contribution in [-0.4, -0.2) is 70.2 Å². The molecule has 0 heterocycles. The van der Waals surface area contributed by atoms with Gasteiger partial charge in [-0.25, -0.2) is 0 Å². The van der Waals surface area contributed by atoms with Crippen LogP contribution in [0.5, 0.6) is 11.5 Å². The van der Waals surface area contributed by atoms with Gasteiger partial charge in [-0.15, -0.1) is 0 Å². The molecule has 206 valence electrons. The summed E-state index contributed by atoms with van der Waals surface area (Å²) in [6, 6.07) is 9.11. The lowest BCUT2D eigenvalue weighted by Gasteiger charge is -2.24. The molecule has 10 N–H and O–H groups in total. The number of aromatic hydroxyl groups is 2. The molecule has 2 rings (SSSR count). The smallest absolute Gasteiger partial charge is 0.322 e. The van der Waals surface area contributed by atoms with E-state index >= 15 is 0 Å². The Bertz CT molecular complexity index is 1080. The van der Waals surface area contributed by atoms with Crippen LogP contribution in [0.15, 0.2) is 48.5 Å². The Morgan fingerprint density at radius 1 is 0.737 bits per heavy atom. The second kappa shape index (κ2) is 15.2. The van der Waals surface area contributed by atoms with E-state index in [9.17, 15) is 29.4 Å². The second-order valence-corrected chi connectivity index (χ2v) is 8.87. The number of nitrogens with two attached hydrogens (primary N) is 2. The Labute approximate surface area is 220 Å². The van der Waals surface area contributed by atoms with E-state index < -0.39 is 48.4 Å². The van der Waals surface area contributed by atoms with Crippen LogP contribution in [0.2, 0.25) is 0 Å². The number of carbonyl (C=O) groups is 4. The van der Waals surface area contributed by atoms with E-state index in [2.05, 4.69) is 16.0 Å². The zero-order chi connectivity index (χ0) is 28.1. The Morgan fingerprint density at radius 2 is 1.26 bits per heavy atom. The highest BCUT2D eigenvalue weighted by molar-refractivity contribution is 5.93. The lowest BCUT2D eigenvalue weighted by molar-refractivity contribution is -0.138. The molecule has 12 nitrogen and oxygen atoms in total. The number of carbonyl (C=O) groups excluding carboxylic acids is 3. The molecule has 0 aromatic heterocycles. The van der Waals surface area contributed by atoms with Gasteiger partial charge < -0.3 is 42.7 Å². The Kier molecular flexibility index (Phi) is 12.0. The number of amides is 3. The first-order chi connectivity index (χ1) is 18.1. The predicted molar refractivity (Wildman–Crippen MR) is 139 cm³/mol. The van der Waals surface area contributed by atoms with E-state index in [0.29, 0.717) is 30.5 Å². The Balaban J connectivity index is 2.18. The van der Waals surface area contributed by atoms with Crippen LogP contribution in [0.4, 0.5) is 0 Å². The van der Waals surface area contributed by atoms with Gasteiger partial charge in [0.15, 0.2) is 0 Å². The van der Waals surface area contributed by atoms with Crippen LogP contribution in [0, 0.1) is 0 Å². The van der Waals surface area contributed by atoms with Gasteiger partial charge in [-0.2, -0.15) is 0 Å². The van der Waals surface area contributed by atoms with E-state index in [0.717, 1.165) is 0 Å². The largest absolute Gasteiger partial charge is 0.508 e. The maximum absolute atomic E-state index is 13.3. The molecule has 0 spiro atoms. The molecule has 0 aliphatic carbocycles. The van der Waals surface area contributed by atoms with Crippen molar-refractivity contribution in [1.29, 1.82) is 0 Å². The molecule has 3 atom stereocenters. The molecule has 0 bridgehead atoms. The van der Waals surface area contributed by atoms with Gasteiger partial charge in [0.1, 0.15) is 30.1 Å². The first-order valence-electron chi connectivity index (χ1n) is 12.2. The molecule has 38 heavy (non-hydrogen) atoms. The fourth-order valence-corrected chi connectivity index (χ4v) is 3.65. The number of benzene rings is 2. The number of rotatable bonds is 15. The number of carboxylic acid groups (broad SMARTS) is 1. The fourth-order valence-electron chi connectivity index (χ4n) is 3.65. The van der Waals surface area contributed by atoms with Gasteiger partial charge in [0.2, 0.25) is 17.7 Å². The molecule has 2 aromatic carbocycles. The van der Waals surface area contributed by atoms with E-state index in [-0.39, 0.29) is 30.8 Å². The van der Waals surface area contributed by atoms with Gasteiger partial charge in [0, 0.05) is 6.42 Å². The minimum Gasteiger partial charge on any atom is -0.508 e. The summed E-state index contributed by atoms with van der Waals surface area (Å²) < 4.78 is 0. The van der Waals surface area contributed by atoms with Crippen molar-refractivity contribution in [1.82, 2.24) is 16.0 Å². The minimum atomic E-state index is -1.23. The molecule has 0 fully saturated rings. The molecule has 0 aliphatic heterocycles. The minimum absolute atomic E-state index is 0.0322. The van der Waals surface area contributed by atoms with Crippen LogP contribution >= 0.6 is 0 Å². The quantitative estimate of drug-likeness (QED) is 0.139. The van der Waals surface area contributed by atoms with Gasteiger partial charge in [-0.3, -0.25) is 19.2 Å². The standard InChI is InChI=1S/C26H35N5O7/c27-12-2-1-3-21(25(37)29-15-23(34)35)30-26(38)22(14-17-6-10-19(33)11-7-17)31-24(36)20(28)13-16-4-8-18(32)9-5-16/h4-11,20-22,32-33H,1-3,12-15,27-28H2,(H,29,37)(H,30,38)(H,31,36)(H,34,35). The highest BCUT2D eigenvalue weighted by Crippen LogP contribution is 2.13. The zero-order valence-electron chi connectivity index (χ0n) is 20.9. The van der Waals surface area contributed by atoms with Crippen molar-refractivity contribution in [3.63, 3.8) is 0 Å². The maximum atomic E-state index is 13.3. The van der Waals surface area contributed by atoms with Crippen molar-refractivity contribution >= 4 is 23.7 Å². The predicted octanol–water partition coefficient (Wildman–Crippen LogP) is -0.490. The van der Waals surface area contributed by atoms with Crippen molar-refractivity contribution in [2.45, 2.75) is 50.2 Å². The lowest BCUT2D eigenvalue weighted by Crippen LogP contribution is -2.56. The van der Waals surface area contributed by atoms with Crippen molar-refractivity contribution in [2.75, 3.05) is 13.1 Å². The third-order valence-electron chi connectivity index (χ3n) is 5.73. The van der Waals surface area contributed by atoms with E-state index in [4.69, 9.17) is 16.6 Å². The number of carboxylic acids is 1. The molecule has 0 radical (unpaired) electrons. The van der Waals surface area contributed by atoms with Crippen LogP contribution in [-0.2, 0) is 32.0 Å². The van der Waals surface area contributed by atoms with Gasteiger partial charge in [0.25, 0.3) is 0 Å². The van der Waals surface area contributed by atoms with Gasteiger partial charge >= 0.3 is 5.97 Å². The summed E-state index contributed by atoms with van der Waals surface area (Å²) in [5, 5.41) is 35.4. The summed E-state index contributed by atoms with van der Waals surface area (Å²) in [4.78, 5) is 49.7. The van der Waals surface area contributed by atoms with Crippen LogP contribution in [0.1, 0.15) is 30.4 Å². The van der Waals surface area contributed by atoms with Gasteiger partial charge in [-0.1, -0.05) is 24.3 Å². The number of phenolic OH excluding ortho intramolecular Hbond substituents is 2. The number of phenols is 2. The van der Waals surface area contributed by atoms with Crippen molar-refractivity contribution < 1.29 is 34.5 Å². The van der Waals surface area contributed by atoms with E-state index in [1.54, 1.807) is 24.3 Å². The summed E-state index contributed by atoms with van der Waals surface area (Å²) in [6.45, 7) is -0.224. The van der Waals surface area contributed by atoms with Crippen LogP contribution < -0.4 is 27.4 Å². The monoisotopic (exact) mass is 529 g/mol. The summed E-state index contributed by atoms with van der Waals surface area (Å²) in [6.07, 6.45) is 1.51. The topological polar surface area (TPSA) is 217 Å². The van der Waals surface area contributed by atoms with E-state index in [1.165, 1.54) is 24.3 Å². The highest BCUT2D eigenvalue weighted by atomic mass is 16.4. The Morgan fingerprint density at radius 3 is 1.79 bits per heavy atom. The van der Waals surface area contributed by atoms with Crippen molar-refractivity contribution in [3.05, 3.63) is 59.7 Å². The Hall–Kier alpha value is -4.16. The number of hydrogen-bond acceptors (Lipinski definition) is 8. The average Bonchev–Trinajstić information content (AvgIpc) is 2.88. The van der Waals surface area contributed by atoms with Crippen molar-refractivity contribution in [2.24, 2.45) is 11.5 Å². The number of hydrogen-bond donors (Lipinski definition) is 8. The van der Waals surface area contributed by atoms with Gasteiger partial charge in [-0.05, 0) is 67.6 Å². The molecule has 3 amide bonds. The normalized spacial score (nSPS) is 13.1. The fraction of sp³-hybridized carbons (Fsp3) is 0.385. The average molecular weight is 530 g/mol. The molecule has 2 aromatic rings. The summed E-state index contributed by atoms with van der Waals surface area (Å²) in [5.41, 5.74) is 12.9.